The number of halogens is 4. The summed E-state index contributed by atoms with van der Waals surface area (Å²) in [6.07, 6.45) is 2.34. The van der Waals surface area contributed by atoms with Crippen LogP contribution in [0.2, 0.25) is 0 Å². The van der Waals surface area contributed by atoms with E-state index < -0.39 is 17.5 Å². The molecule has 1 aliphatic heterocycles. The molecule has 6 rings (SSSR count). The molecule has 0 unspecified atom stereocenters. The molecule has 0 atom stereocenters. The minimum Gasteiger partial charge on any atom is -0.337 e. The molecule has 0 saturated carbocycles. The van der Waals surface area contributed by atoms with Gasteiger partial charge in [-0.15, -0.1) is 0 Å². The third-order valence-electron chi connectivity index (χ3n) is 8.05. The summed E-state index contributed by atoms with van der Waals surface area (Å²) in [6.45, 7) is 5.13. The van der Waals surface area contributed by atoms with Gasteiger partial charge in [-0.05, 0) is 70.9 Å². The number of pyridine rings is 1. The van der Waals surface area contributed by atoms with Gasteiger partial charge in [-0.3, -0.25) is 19.1 Å². The maximum absolute atomic E-state index is 14.1. The quantitative estimate of drug-likeness (QED) is 0.181. The van der Waals surface area contributed by atoms with Crippen LogP contribution in [-0.2, 0) is 19.1 Å². The Labute approximate surface area is 267 Å². The average molecular weight is 679 g/mol. The molecule has 1 saturated heterocycles. The van der Waals surface area contributed by atoms with Crippen molar-refractivity contribution >= 4 is 38.9 Å². The second-order valence-corrected chi connectivity index (χ2v) is 12.1. The molecule has 1 aliphatic rings. The Hall–Kier alpha value is -4.13. The third-order valence-corrected chi connectivity index (χ3v) is 8.64. The molecule has 4 heterocycles. The minimum atomic E-state index is -4.57. The number of hydrogen-bond acceptors (Lipinski definition) is 7. The summed E-state index contributed by atoms with van der Waals surface area (Å²) in [5.74, 6) is 0.108. The van der Waals surface area contributed by atoms with E-state index in [1.54, 1.807) is 18.6 Å². The van der Waals surface area contributed by atoms with Gasteiger partial charge >= 0.3 is 6.18 Å². The summed E-state index contributed by atoms with van der Waals surface area (Å²) < 4.78 is 45.0. The molecule has 0 radical (unpaired) electrons. The topological polar surface area (TPSA) is 78.7 Å². The van der Waals surface area contributed by atoms with E-state index in [9.17, 15) is 18.0 Å². The number of piperazine rings is 1. The first-order chi connectivity index (χ1) is 21.5. The zero-order valence-electron chi connectivity index (χ0n) is 24.8. The number of likely N-dealkylation sites (N-methyl/N-ethyl adjacent to an activating group) is 1. The van der Waals surface area contributed by atoms with Crippen LogP contribution in [0.3, 0.4) is 0 Å². The Bertz CT molecular complexity index is 1850. The maximum atomic E-state index is 14.1. The molecule has 0 spiro atoms. The van der Waals surface area contributed by atoms with Crippen LogP contribution >= 0.6 is 15.9 Å². The van der Waals surface area contributed by atoms with Gasteiger partial charge in [0.2, 0.25) is 0 Å². The molecule has 1 fully saturated rings. The fraction of sp³-hybridized carbons (Fsp3) is 0.273. The van der Waals surface area contributed by atoms with E-state index in [1.165, 1.54) is 12.1 Å². The smallest absolute Gasteiger partial charge is 0.337 e. The highest BCUT2D eigenvalue weighted by Gasteiger charge is 2.34. The van der Waals surface area contributed by atoms with Gasteiger partial charge in [-0.1, -0.05) is 24.3 Å². The molecular weight excluding hydrogens is 647 g/mol. The molecule has 3 aromatic heterocycles. The number of carbonyl (C=O) groups excluding carboxylic acids is 1. The van der Waals surface area contributed by atoms with Crippen molar-refractivity contribution in [2.45, 2.75) is 26.1 Å². The SMILES string of the molecule is Cc1ccc(CC(=O)c2ccc(CN3CCN(C)CC3)c(C(F)(F)F)c2)cc1Nc1nc(-c2cccnc2)cn2c(Br)cnc12. The number of nitrogens with zero attached hydrogens (tertiary/aromatic N) is 6. The number of imidazole rings is 1. The van der Waals surface area contributed by atoms with Crippen LogP contribution in [0.4, 0.5) is 24.7 Å². The fourth-order valence-corrected chi connectivity index (χ4v) is 5.80. The fourth-order valence-electron chi connectivity index (χ4n) is 5.42. The van der Waals surface area contributed by atoms with Gasteiger partial charge in [0.1, 0.15) is 4.60 Å². The van der Waals surface area contributed by atoms with Crippen LogP contribution in [-0.4, -0.2) is 68.2 Å². The lowest BCUT2D eigenvalue weighted by Gasteiger charge is -2.33. The molecule has 45 heavy (non-hydrogen) atoms. The molecule has 232 valence electrons. The zero-order valence-corrected chi connectivity index (χ0v) is 26.4. The van der Waals surface area contributed by atoms with Crippen molar-refractivity contribution in [1.29, 1.82) is 0 Å². The number of ketones is 1. The maximum Gasteiger partial charge on any atom is 0.416 e. The van der Waals surface area contributed by atoms with E-state index in [0.717, 1.165) is 34.9 Å². The lowest BCUT2D eigenvalue weighted by molar-refractivity contribution is -0.138. The number of hydrogen-bond donors (Lipinski definition) is 1. The van der Waals surface area contributed by atoms with Crippen LogP contribution in [0.25, 0.3) is 16.9 Å². The summed E-state index contributed by atoms with van der Waals surface area (Å²) in [5, 5.41) is 3.37. The molecule has 2 aromatic carbocycles. The largest absolute Gasteiger partial charge is 0.416 e. The van der Waals surface area contributed by atoms with Crippen molar-refractivity contribution in [3.8, 4) is 11.3 Å². The number of nitrogens with one attached hydrogen (secondary N) is 1. The van der Waals surface area contributed by atoms with E-state index >= 15 is 0 Å². The van der Waals surface area contributed by atoms with E-state index in [4.69, 9.17) is 4.98 Å². The average Bonchev–Trinajstić information content (AvgIpc) is 3.40. The Kier molecular flexibility index (Phi) is 8.71. The standard InChI is InChI=1S/C33H31BrF3N7O/c1-21-5-6-22(14-27(21)40-31-32-39-18-30(34)44(32)20-28(41-31)24-4-3-9-38-17-24)15-29(45)23-7-8-25(26(16-23)33(35,36)37)19-43-12-10-42(2)11-13-43/h3-9,14,16-18,20H,10-13,15,19H2,1-2H3,(H,40,41). The lowest BCUT2D eigenvalue weighted by atomic mass is 9.96. The van der Waals surface area contributed by atoms with Crippen LogP contribution in [0.1, 0.15) is 32.6 Å². The van der Waals surface area contributed by atoms with Crippen molar-refractivity contribution < 1.29 is 18.0 Å². The highest BCUT2D eigenvalue weighted by atomic mass is 79.9. The van der Waals surface area contributed by atoms with Gasteiger partial charge in [-0.25, -0.2) is 9.97 Å². The number of fused-ring (bicyclic) bond motifs is 1. The van der Waals surface area contributed by atoms with Crippen LogP contribution in [0.15, 0.2) is 77.9 Å². The highest BCUT2D eigenvalue weighted by molar-refractivity contribution is 9.10. The summed E-state index contributed by atoms with van der Waals surface area (Å²) in [7, 11) is 2.00. The van der Waals surface area contributed by atoms with Gasteiger partial charge in [0.15, 0.2) is 17.2 Å². The number of alkyl halides is 3. The number of rotatable bonds is 8. The first-order valence-corrected chi connectivity index (χ1v) is 15.3. The molecular formula is C33H31BrF3N7O. The van der Waals surface area contributed by atoms with Crippen molar-refractivity contribution in [3.05, 3.63) is 106 Å². The predicted molar refractivity (Wildman–Crippen MR) is 171 cm³/mol. The lowest BCUT2D eigenvalue weighted by Crippen LogP contribution is -2.44. The Morgan fingerprint density at radius 1 is 1.04 bits per heavy atom. The van der Waals surface area contributed by atoms with Crippen LogP contribution in [0, 0.1) is 6.92 Å². The van der Waals surface area contributed by atoms with Crippen LogP contribution < -0.4 is 5.32 Å². The number of benzene rings is 2. The van der Waals surface area contributed by atoms with Crippen LogP contribution in [0.5, 0.6) is 0 Å². The molecule has 5 aromatic rings. The number of carbonyl (C=O) groups is 1. The Morgan fingerprint density at radius 3 is 2.58 bits per heavy atom. The normalized spacial score (nSPS) is 14.6. The van der Waals surface area contributed by atoms with E-state index in [-0.39, 0.29) is 24.1 Å². The summed E-state index contributed by atoms with van der Waals surface area (Å²) in [4.78, 5) is 31.0. The number of aromatic nitrogens is 4. The minimum absolute atomic E-state index is 0.0364. The van der Waals surface area contributed by atoms with E-state index in [1.807, 2.05) is 59.8 Å². The van der Waals surface area contributed by atoms with Crippen molar-refractivity contribution in [2.75, 3.05) is 38.5 Å². The molecule has 0 bridgehead atoms. The monoisotopic (exact) mass is 677 g/mol. The second kappa shape index (κ2) is 12.7. The van der Waals surface area contributed by atoms with Crippen molar-refractivity contribution in [2.24, 2.45) is 0 Å². The van der Waals surface area contributed by atoms with Crippen molar-refractivity contribution in [3.63, 3.8) is 0 Å². The highest BCUT2D eigenvalue weighted by Crippen LogP contribution is 2.34. The summed E-state index contributed by atoms with van der Waals surface area (Å²) >= 11 is 3.53. The van der Waals surface area contributed by atoms with Gasteiger partial charge in [0, 0.05) is 74.5 Å². The predicted octanol–water partition coefficient (Wildman–Crippen LogP) is 6.80. The first kappa shape index (κ1) is 30.9. The number of aryl methyl sites for hydroxylation is 1. The number of Topliss-reactive ketones (excluding diaryl/α,β-unsaturated/α-hetero) is 1. The summed E-state index contributed by atoms with van der Waals surface area (Å²) in [5.41, 5.74) is 3.82. The van der Waals surface area contributed by atoms with Gasteiger partial charge < -0.3 is 10.2 Å². The van der Waals surface area contributed by atoms with Gasteiger partial charge in [0.05, 0.1) is 17.5 Å². The van der Waals surface area contributed by atoms with Crippen molar-refractivity contribution in [1.82, 2.24) is 29.2 Å². The molecule has 12 heteroatoms. The van der Waals surface area contributed by atoms with Gasteiger partial charge in [0.25, 0.3) is 0 Å². The summed E-state index contributed by atoms with van der Waals surface area (Å²) in [6, 6.07) is 13.2. The Balaban J connectivity index is 1.25. The van der Waals surface area contributed by atoms with E-state index in [2.05, 4.69) is 36.1 Å². The molecule has 0 amide bonds. The zero-order chi connectivity index (χ0) is 31.7. The third kappa shape index (κ3) is 6.92. The second-order valence-electron chi connectivity index (χ2n) is 11.3. The Morgan fingerprint density at radius 2 is 1.84 bits per heavy atom. The molecule has 0 aliphatic carbocycles. The van der Waals surface area contributed by atoms with Gasteiger partial charge in [-0.2, -0.15) is 13.2 Å². The number of anilines is 2. The molecule has 8 nitrogen and oxygen atoms in total. The van der Waals surface area contributed by atoms with E-state index in [0.29, 0.717) is 41.5 Å². The molecule has 1 N–H and O–H groups in total. The first-order valence-electron chi connectivity index (χ1n) is 14.5.